The van der Waals surface area contributed by atoms with Gasteiger partial charge in [0, 0.05) is 0 Å². The zero-order chi connectivity index (χ0) is 8.36. The van der Waals surface area contributed by atoms with Gasteiger partial charge in [-0.2, -0.15) is 13.2 Å². The van der Waals surface area contributed by atoms with Gasteiger partial charge in [-0.05, 0) is 0 Å². The van der Waals surface area contributed by atoms with E-state index in [0.29, 0.717) is 0 Å². The van der Waals surface area contributed by atoms with E-state index in [0.717, 1.165) is 6.92 Å². The van der Waals surface area contributed by atoms with Gasteiger partial charge in [0.25, 0.3) is 0 Å². The number of aldehydes is 1. The Morgan fingerprint density at radius 1 is 1.40 bits per heavy atom. The molecule has 60 valence electrons. The molecule has 0 saturated heterocycles. The summed E-state index contributed by atoms with van der Waals surface area (Å²) in [6.45, 7) is 0.880. The van der Waals surface area contributed by atoms with Crippen molar-refractivity contribution in [3.63, 3.8) is 0 Å². The van der Waals surface area contributed by atoms with Crippen molar-refractivity contribution in [2.24, 2.45) is 5.92 Å². The molecular formula is C5H6F4O. The number of carbonyl (C=O) groups excluding carboxylic acids is 1. The van der Waals surface area contributed by atoms with Crippen LogP contribution in [-0.4, -0.2) is 18.6 Å². The molecule has 0 fully saturated rings. The highest BCUT2D eigenvalue weighted by Gasteiger charge is 2.43. The largest absolute Gasteiger partial charge is 0.420 e. The average molecular weight is 158 g/mol. The Kier molecular flexibility index (Phi) is 2.80. The maximum absolute atomic E-state index is 11.9. The van der Waals surface area contributed by atoms with Crippen LogP contribution in [0.3, 0.4) is 0 Å². The molecule has 0 aromatic rings. The fraction of sp³-hybridized carbons (Fsp3) is 0.800. The highest BCUT2D eigenvalue weighted by Crippen LogP contribution is 2.27. The molecule has 2 atom stereocenters. The van der Waals surface area contributed by atoms with Crippen LogP contribution in [0.15, 0.2) is 0 Å². The van der Waals surface area contributed by atoms with Gasteiger partial charge >= 0.3 is 6.18 Å². The Balaban J connectivity index is 4.07. The molecule has 0 saturated carbocycles. The number of halogens is 4. The van der Waals surface area contributed by atoms with Gasteiger partial charge in [0.15, 0.2) is 0 Å². The van der Waals surface area contributed by atoms with Gasteiger partial charge in [0.1, 0.15) is 6.29 Å². The Labute approximate surface area is 55.0 Å². The van der Waals surface area contributed by atoms with E-state index in [9.17, 15) is 22.4 Å². The molecule has 0 aliphatic carbocycles. The van der Waals surface area contributed by atoms with Crippen LogP contribution in [0.1, 0.15) is 6.92 Å². The lowest BCUT2D eigenvalue weighted by Gasteiger charge is -2.13. The number of carbonyl (C=O) groups is 1. The second kappa shape index (κ2) is 2.98. The molecule has 0 aliphatic heterocycles. The molecular weight excluding hydrogens is 152 g/mol. The Morgan fingerprint density at radius 2 is 1.80 bits per heavy atom. The Morgan fingerprint density at radius 3 is 1.90 bits per heavy atom. The van der Waals surface area contributed by atoms with Crippen molar-refractivity contribution in [3.05, 3.63) is 0 Å². The molecule has 0 radical (unpaired) electrons. The minimum absolute atomic E-state index is 0.0574. The van der Waals surface area contributed by atoms with Gasteiger partial charge in [-0.3, -0.25) is 0 Å². The predicted molar refractivity (Wildman–Crippen MR) is 26.2 cm³/mol. The van der Waals surface area contributed by atoms with E-state index < -0.39 is 18.3 Å². The molecule has 0 bridgehead atoms. The van der Waals surface area contributed by atoms with E-state index in [1.54, 1.807) is 0 Å². The molecule has 5 heteroatoms. The molecule has 0 aromatic heterocycles. The molecule has 10 heavy (non-hydrogen) atoms. The molecule has 1 nitrogen and oxygen atoms in total. The van der Waals surface area contributed by atoms with Crippen molar-refractivity contribution < 1.29 is 22.4 Å². The van der Waals surface area contributed by atoms with Gasteiger partial charge in [0.05, 0.1) is 5.92 Å². The van der Waals surface area contributed by atoms with Crippen LogP contribution < -0.4 is 0 Å². The second-order valence-corrected chi connectivity index (χ2v) is 1.94. The lowest BCUT2D eigenvalue weighted by molar-refractivity contribution is -0.192. The fourth-order valence-corrected chi connectivity index (χ4v) is 0.367. The van der Waals surface area contributed by atoms with Crippen molar-refractivity contribution in [1.29, 1.82) is 0 Å². The number of rotatable bonds is 2. The normalized spacial score (nSPS) is 18.1. The summed E-state index contributed by atoms with van der Waals surface area (Å²) in [7, 11) is 0. The van der Waals surface area contributed by atoms with Gasteiger partial charge in [0.2, 0.25) is 6.17 Å². The first-order chi connectivity index (χ1) is 4.39. The second-order valence-electron chi connectivity index (χ2n) is 1.94. The quantitative estimate of drug-likeness (QED) is 0.441. The molecule has 0 rings (SSSR count). The Hall–Kier alpha value is -0.610. The molecule has 0 N–H and O–H groups in total. The van der Waals surface area contributed by atoms with E-state index in [1.807, 2.05) is 0 Å². The van der Waals surface area contributed by atoms with Gasteiger partial charge in [-0.1, -0.05) is 6.92 Å². The van der Waals surface area contributed by atoms with Crippen LogP contribution in [0, 0.1) is 5.92 Å². The van der Waals surface area contributed by atoms with Crippen LogP contribution in [0.5, 0.6) is 0 Å². The molecule has 0 aromatic carbocycles. The van der Waals surface area contributed by atoms with Gasteiger partial charge in [-0.15, -0.1) is 0 Å². The first-order valence-electron chi connectivity index (χ1n) is 2.55. The smallest absolute Gasteiger partial charge is 0.303 e. The summed E-state index contributed by atoms with van der Waals surface area (Å²) in [5.41, 5.74) is 0. The third kappa shape index (κ3) is 2.33. The maximum atomic E-state index is 11.9. The molecule has 0 spiro atoms. The van der Waals surface area contributed by atoms with Crippen molar-refractivity contribution in [3.8, 4) is 0 Å². The molecule has 0 heterocycles. The first-order valence-corrected chi connectivity index (χ1v) is 2.55. The third-order valence-corrected chi connectivity index (χ3v) is 0.989. The summed E-state index contributed by atoms with van der Waals surface area (Å²) in [6, 6.07) is 0. The van der Waals surface area contributed by atoms with Crippen LogP contribution in [0.2, 0.25) is 0 Å². The van der Waals surface area contributed by atoms with Crippen molar-refractivity contribution in [2.45, 2.75) is 19.3 Å². The maximum Gasteiger partial charge on any atom is 0.420 e. The summed E-state index contributed by atoms with van der Waals surface area (Å²) in [5.74, 6) is -1.61. The summed E-state index contributed by atoms with van der Waals surface area (Å²) in [4.78, 5) is 9.65. The van der Waals surface area contributed by atoms with E-state index in [1.165, 1.54) is 0 Å². The highest BCUT2D eigenvalue weighted by molar-refractivity contribution is 5.53. The molecule has 2 unspecified atom stereocenters. The molecule has 0 aliphatic rings. The third-order valence-electron chi connectivity index (χ3n) is 0.989. The average Bonchev–Trinajstić information content (AvgIpc) is 1.83. The molecule has 0 amide bonds. The number of hydrogen-bond acceptors (Lipinski definition) is 1. The van der Waals surface area contributed by atoms with E-state index in [2.05, 4.69) is 0 Å². The minimum atomic E-state index is -4.92. The lowest BCUT2D eigenvalue weighted by Crippen LogP contribution is -2.31. The van der Waals surface area contributed by atoms with Crippen molar-refractivity contribution in [2.75, 3.05) is 0 Å². The summed E-state index contributed by atoms with van der Waals surface area (Å²) in [6.07, 6.45) is -8.01. The van der Waals surface area contributed by atoms with E-state index in [-0.39, 0.29) is 6.29 Å². The lowest BCUT2D eigenvalue weighted by atomic mass is 10.1. The first kappa shape index (κ1) is 9.39. The summed E-state index contributed by atoms with van der Waals surface area (Å²) < 4.78 is 46.0. The monoisotopic (exact) mass is 158 g/mol. The topological polar surface area (TPSA) is 17.1 Å². The zero-order valence-corrected chi connectivity index (χ0v) is 5.15. The van der Waals surface area contributed by atoms with Gasteiger partial charge in [-0.25, -0.2) is 4.39 Å². The van der Waals surface area contributed by atoms with Crippen molar-refractivity contribution >= 4 is 6.29 Å². The van der Waals surface area contributed by atoms with Crippen LogP contribution >= 0.6 is 0 Å². The summed E-state index contributed by atoms with van der Waals surface area (Å²) >= 11 is 0. The SMILES string of the molecule is CC(C=O)C(F)C(F)(F)F. The zero-order valence-electron chi connectivity index (χ0n) is 5.15. The van der Waals surface area contributed by atoms with Gasteiger partial charge < -0.3 is 4.79 Å². The van der Waals surface area contributed by atoms with E-state index in [4.69, 9.17) is 0 Å². The van der Waals surface area contributed by atoms with Crippen LogP contribution in [0.25, 0.3) is 0 Å². The number of alkyl halides is 4. The van der Waals surface area contributed by atoms with Crippen LogP contribution in [-0.2, 0) is 4.79 Å². The summed E-state index contributed by atoms with van der Waals surface area (Å²) in [5, 5.41) is 0. The van der Waals surface area contributed by atoms with Crippen LogP contribution in [0.4, 0.5) is 17.6 Å². The standard InChI is InChI=1S/C5H6F4O/c1-3(2-10)4(6)5(7,8)9/h2-4H,1H3. The van der Waals surface area contributed by atoms with E-state index >= 15 is 0 Å². The van der Waals surface area contributed by atoms with Crippen molar-refractivity contribution in [1.82, 2.24) is 0 Å². The Bertz CT molecular complexity index is 119. The fourth-order valence-electron chi connectivity index (χ4n) is 0.367. The number of hydrogen-bond donors (Lipinski definition) is 0. The minimum Gasteiger partial charge on any atom is -0.303 e. The predicted octanol–water partition coefficient (Wildman–Crippen LogP) is 1.72. The highest BCUT2D eigenvalue weighted by atomic mass is 19.4.